The van der Waals surface area contributed by atoms with E-state index in [1.54, 1.807) is 20.1 Å². The number of aromatic nitrogens is 1. The van der Waals surface area contributed by atoms with Gasteiger partial charge in [-0.2, -0.15) is 0 Å². The van der Waals surface area contributed by atoms with Crippen molar-refractivity contribution in [1.82, 2.24) is 15.4 Å². The highest BCUT2D eigenvalue weighted by molar-refractivity contribution is 5.93. The van der Waals surface area contributed by atoms with Gasteiger partial charge in [-0.15, -0.1) is 0 Å². The van der Waals surface area contributed by atoms with Crippen LogP contribution in [0.5, 0.6) is 0 Å². The molecule has 3 amide bonds. The highest BCUT2D eigenvalue weighted by atomic mass is 16.5. The maximum Gasteiger partial charge on any atom is 0.318 e. The van der Waals surface area contributed by atoms with Gasteiger partial charge in [0.15, 0.2) is 5.82 Å². The molecule has 1 aromatic carbocycles. The highest BCUT2D eigenvalue weighted by Crippen LogP contribution is 2.07. The molecule has 140 valence electrons. The minimum absolute atomic E-state index is 0.0871. The van der Waals surface area contributed by atoms with Crippen molar-refractivity contribution in [3.63, 3.8) is 0 Å². The van der Waals surface area contributed by atoms with Crippen LogP contribution in [0.1, 0.15) is 17.7 Å². The summed E-state index contributed by atoms with van der Waals surface area (Å²) in [5.41, 5.74) is 0.986. The molecule has 0 radical (unpaired) electrons. The molecule has 0 saturated heterocycles. The summed E-state index contributed by atoms with van der Waals surface area (Å²) in [7, 11) is 1.60. The van der Waals surface area contributed by atoms with E-state index in [9.17, 15) is 9.59 Å². The smallest absolute Gasteiger partial charge is 0.318 e. The fourth-order valence-corrected chi connectivity index (χ4v) is 2.32. The van der Waals surface area contributed by atoms with Gasteiger partial charge in [0, 0.05) is 32.9 Å². The average molecular weight is 360 g/mol. The van der Waals surface area contributed by atoms with Gasteiger partial charge in [0.05, 0.1) is 0 Å². The Morgan fingerprint density at radius 2 is 2.04 bits per heavy atom. The zero-order valence-electron chi connectivity index (χ0n) is 15.0. The molecule has 8 nitrogen and oxygen atoms in total. The van der Waals surface area contributed by atoms with Gasteiger partial charge in [0.25, 0.3) is 0 Å². The topological polar surface area (TPSA) is 96.7 Å². The molecule has 0 atom stereocenters. The maximum atomic E-state index is 12.5. The van der Waals surface area contributed by atoms with Crippen molar-refractivity contribution in [2.45, 2.75) is 19.9 Å². The quantitative estimate of drug-likeness (QED) is 0.668. The molecular weight excluding hydrogens is 336 g/mol. The average Bonchev–Trinajstić information content (AvgIpc) is 3.04. The van der Waals surface area contributed by atoms with E-state index in [-0.39, 0.29) is 18.5 Å². The molecule has 1 aromatic heterocycles. The SMILES string of the molecule is COCCCN(CC(=O)Nc1cc(C)on1)C(=O)NCc1ccccc1. The molecule has 0 spiro atoms. The molecule has 26 heavy (non-hydrogen) atoms. The van der Waals surface area contributed by atoms with Crippen molar-refractivity contribution in [2.75, 3.05) is 32.1 Å². The summed E-state index contributed by atoms with van der Waals surface area (Å²) in [6.45, 7) is 2.95. The molecule has 8 heteroatoms. The Morgan fingerprint density at radius 3 is 2.69 bits per heavy atom. The summed E-state index contributed by atoms with van der Waals surface area (Å²) in [6, 6.07) is 10.9. The number of anilines is 1. The van der Waals surface area contributed by atoms with Crippen LogP contribution in [0.15, 0.2) is 40.9 Å². The number of amides is 3. The Bertz CT molecular complexity index is 702. The summed E-state index contributed by atoms with van der Waals surface area (Å²) < 4.78 is 9.93. The molecule has 0 fully saturated rings. The molecule has 1 heterocycles. The molecule has 2 aromatic rings. The number of aryl methyl sites for hydroxylation is 1. The molecular formula is C18H24N4O4. The summed E-state index contributed by atoms with van der Waals surface area (Å²) in [6.07, 6.45) is 0.631. The maximum absolute atomic E-state index is 12.5. The van der Waals surface area contributed by atoms with Crippen molar-refractivity contribution >= 4 is 17.8 Å². The van der Waals surface area contributed by atoms with E-state index in [1.807, 2.05) is 30.3 Å². The van der Waals surface area contributed by atoms with Gasteiger partial charge in [0.1, 0.15) is 12.3 Å². The minimum atomic E-state index is -0.342. The molecule has 0 aliphatic heterocycles. The third-order valence-electron chi connectivity index (χ3n) is 3.58. The monoisotopic (exact) mass is 360 g/mol. The van der Waals surface area contributed by atoms with E-state index in [2.05, 4.69) is 15.8 Å². The van der Waals surface area contributed by atoms with Gasteiger partial charge < -0.3 is 24.8 Å². The predicted molar refractivity (Wildman–Crippen MR) is 96.6 cm³/mol. The third kappa shape index (κ3) is 6.56. The van der Waals surface area contributed by atoms with Crippen LogP contribution in [0.3, 0.4) is 0 Å². The van der Waals surface area contributed by atoms with Gasteiger partial charge in [-0.25, -0.2) is 4.79 Å². The Labute approximate surface area is 152 Å². The number of rotatable bonds is 9. The third-order valence-corrected chi connectivity index (χ3v) is 3.58. The summed E-state index contributed by atoms with van der Waals surface area (Å²) in [5.74, 6) is 0.581. The number of nitrogens with one attached hydrogen (secondary N) is 2. The van der Waals surface area contributed by atoms with E-state index in [0.29, 0.717) is 37.7 Å². The highest BCUT2D eigenvalue weighted by Gasteiger charge is 2.17. The number of nitrogens with zero attached hydrogens (tertiary/aromatic N) is 2. The van der Waals surface area contributed by atoms with E-state index in [1.165, 1.54) is 4.90 Å². The zero-order chi connectivity index (χ0) is 18.8. The van der Waals surface area contributed by atoms with Crippen LogP contribution in [-0.2, 0) is 16.1 Å². The lowest BCUT2D eigenvalue weighted by Crippen LogP contribution is -2.44. The van der Waals surface area contributed by atoms with Gasteiger partial charge in [-0.05, 0) is 18.9 Å². The number of ether oxygens (including phenoxy) is 1. The van der Waals surface area contributed by atoms with E-state index in [0.717, 1.165) is 5.56 Å². The van der Waals surface area contributed by atoms with E-state index < -0.39 is 0 Å². The van der Waals surface area contributed by atoms with Gasteiger partial charge in [-0.1, -0.05) is 35.5 Å². The lowest BCUT2D eigenvalue weighted by atomic mass is 10.2. The molecule has 2 rings (SSSR count). The molecule has 2 N–H and O–H groups in total. The van der Waals surface area contributed by atoms with Crippen LogP contribution in [-0.4, -0.2) is 48.8 Å². The molecule has 0 saturated carbocycles. The standard InChI is InChI=1S/C18H24N4O4/c1-14-11-16(21-26-14)20-17(23)13-22(9-6-10-25-2)18(24)19-12-15-7-4-3-5-8-15/h3-5,7-8,11H,6,9-10,12-13H2,1-2H3,(H,19,24)(H,20,21,23). The second kappa shape index (κ2) is 10.2. The fourth-order valence-electron chi connectivity index (χ4n) is 2.32. The zero-order valence-corrected chi connectivity index (χ0v) is 15.0. The van der Waals surface area contributed by atoms with Gasteiger partial charge >= 0.3 is 6.03 Å². The van der Waals surface area contributed by atoms with Crippen molar-refractivity contribution in [2.24, 2.45) is 0 Å². The van der Waals surface area contributed by atoms with Gasteiger partial charge in [-0.3, -0.25) is 4.79 Å². The number of hydrogen-bond acceptors (Lipinski definition) is 5. The normalized spacial score (nSPS) is 10.4. The van der Waals surface area contributed by atoms with Crippen molar-refractivity contribution in [3.05, 3.63) is 47.7 Å². The van der Waals surface area contributed by atoms with Crippen LogP contribution in [0.25, 0.3) is 0 Å². The van der Waals surface area contributed by atoms with E-state index >= 15 is 0 Å². The Kier molecular flexibility index (Phi) is 7.63. The number of urea groups is 1. The van der Waals surface area contributed by atoms with Crippen LogP contribution in [0.4, 0.5) is 10.6 Å². The van der Waals surface area contributed by atoms with Crippen LogP contribution >= 0.6 is 0 Å². The summed E-state index contributed by atoms with van der Waals surface area (Å²) in [5, 5.41) is 9.16. The molecule has 0 aliphatic rings. The first-order valence-electron chi connectivity index (χ1n) is 8.37. The number of methoxy groups -OCH3 is 1. The molecule has 0 unspecified atom stereocenters. The first-order chi connectivity index (χ1) is 12.6. The molecule has 0 aliphatic carbocycles. The van der Waals surface area contributed by atoms with Crippen molar-refractivity contribution < 1.29 is 18.8 Å². The second-order valence-electron chi connectivity index (χ2n) is 5.78. The summed E-state index contributed by atoms with van der Waals surface area (Å²) >= 11 is 0. The Balaban J connectivity index is 1.90. The fraction of sp³-hybridized carbons (Fsp3) is 0.389. The first-order valence-corrected chi connectivity index (χ1v) is 8.37. The lowest BCUT2D eigenvalue weighted by molar-refractivity contribution is -0.116. The Hall–Kier alpha value is -2.87. The predicted octanol–water partition coefficient (Wildman–Crippen LogP) is 2.17. The van der Waals surface area contributed by atoms with Crippen LogP contribution in [0, 0.1) is 6.92 Å². The second-order valence-corrected chi connectivity index (χ2v) is 5.78. The number of carbonyl (C=O) groups excluding carboxylic acids is 2. The van der Waals surface area contributed by atoms with Crippen LogP contribution in [0.2, 0.25) is 0 Å². The Morgan fingerprint density at radius 1 is 1.27 bits per heavy atom. The molecule has 0 bridgehead atoms. The van der Waals surface area contributed by atoms with Crippen molar-refractivity contribution in [3.8, 4) is 0 Å². The summed E-state index contributed by atoms with van der Waals surface area (Å²) in [4.78, 5) is 26.1. The number of carbonyl (C=O) groups is 2. The van der Waals surface area contributed by atoms with E-state index in [4.69, 9.17) is 9.26 Å². The van der Waals surface area contributed by atoms with Crippen molar-refractivity contribution in [1.29, 1.82) is 0 Å². The van der Waals surface area contributed by atoms with Gasteiger partial charge in [0.2, 0.25) is 5.91 Å². The number of benzene rings is 1. The minimum Gasteiger partial charge on any atom is -0.385 e. The largest absolute Gasteiger partial charge is 0.385 e. The lowest BCUT2D eigenvalue weighted by Gasteiger charge is -2.22. The number of hydrogen-bond donors (Lipinski definition) is 2. The first kappa shape index (κ1) is 19.5. The van der Waals surface area contributed by atoms with Crippen LogP contribution < -0.4 is 10.6 Å².